The van der Waals surface area contributed by atoms with Gasteiger partial charge in [0.25, 0.3) is 0 Å². The number of alkyl halides is 1. The van der Waals surface area contributed by atoms with E-state index in [4.69, 9.17) is 18.9 Å². The highest BCUT2D eigenvalue weighted by atomic mass is 19.1. The van der Waals surface area contributed by atoms with Crippen LogP contribution in [0.4, 0.5) is 4.39 Å². The van der Waals surface area contributed by atoms with Gasteiger partial charge in [0.2, 0.25) is 0 Å². The van der Waals surface area contributed by atoms with Gasteiger partial charge in [0.15, 0.2) is 5.79 Å². The number of carbonyl (C=O) groups excluding carboxylic acids is 1. The van der Waals surface area contributed by atoms with Gasteiger partial charge in [0.05, 0.1) is 18.8 Å². The van der Waals surface area contributed by atoms with Gasteiger partial charge in [-0.25, -0.2) is 4.39 Å². The fourth-order valence-electron chi connectivity index (χ4n) is 7.26. The summed E-state index contributed by atoms with van der Waals surface area (Å²) >= 11 is 0. The number of hydrogen-bond acceptors (Lipinski definition) is 7. The Morgan fingerprint density at radius 3 is 2.75 bits per heavy atom. The van der Waals surface area contributed by atoms with Crippen molar-refractivity contribution in [3.05, 3.63) is 47.1 Å². The number of fused-ring (bicyclic) bond motifs is 2. The zero-order valence-corrected chi connectivity index (χ0v) is 24.2. The average molecular weight is 561 g/mol. The number of hydrogen-bond donors (Lipinski definition) is 2. The smallest absolute Gasteiger partial charge is 0.316 e. The summed E-state index contributed by atoms with van der Waals surface area (Å²) in [4.78, 5) is 13.9. The number of allylic oxidation sites excluding steroid dienone is 4. The van der Waals surface area contributed by atoms with Crippen LogP contribution in [-0.2, 0) is 23.7 Å². The van der Waals surface area contributed by atoms with E-state index in [0.29, 0.717) is 37.2 Å². The normalized spacial score (nSPS) is 47.8. The van der Waals surface area contributed by atoms with E-state index in [2.05, 4.69) is 33.8 Å². The molecule has 3 saturated heterocycles. The van der Waals surface area contributed by atoms with Crippen LogP contribution >= 0.6 is 0 Å². The van der Waals surface area contributed by atoms with Crippen molar-refractivity contribution in [2.24, 2.45) is 17.8 Å². The molecule has 0 radical (unpaired) electrons. The van der Waals surface area contributed by atoms with E-state index in [1.165, 1.54) is 11.6 Å². The molecule has 0 unspecified atom stereocenters. The van der Waals surface area contributed by atoms with Crippen molar-refractivity contribution in [2.75, 3.05) is 13.3 Å². The van der Waals surface area contributed by atoms with E-state index in [-0.39, 0.29) is 30.3 Å². The fourth-order valence-corrected chi connectivity index (χ4v) is 7.26. The van der Waals surface area contributed by atoms with E-state index in [9.17, 15) is 19.4 Å². The van der Waals surface area contributed by atoms with Crippen molar-refractivity contribution >= 4 is 5.97 Å². The molecule has 4 aliphatic heterocycles. The molecule has 0 aromatic carbocycles. The number of carbonyl (C=O) groups is 1. The molecule has 0 aromatic heterocycles. The van der Waals surface area contributed by atoms with Crippen LogP contribution in [0, 0.1) is 17.8 Å². The van der Waals surface area contributed by atoms with Crippen LogP contribution in [0.5, 0.6) is 0 Å². The molecule has 8 heteroatoms. The molecule has 3 fully saturated rings. The first kappa shape index (κ1) is 29.6. The summed E-state index contributed by atoms with van der Waals surface area (Å²) < 4.78 is 39.1. The second-order valence-electron chi connectivity index (χ2n) is 12.6. The Kier molecular flexibility index (Phi) is 8.75. The fraction of sp³-hybridized carbons (Fsp3) is 0.719. The third-order valence-corrected chi connectivity index (χ3v) is 9.52. The number of esters is 1. The van der Waals surface area contributed by atoms with Gasteiger partial charge in [0.1, 0.15) is 36.5 Å². The lowest BCUT2D eigenvalue weighted by atomic mass is 9.70. The Bertz CT molecular complexity index is 1080. The summed E-state index contributed by atoms with van der Waals surface area (Å²) in [7, 11) is 0. The molecule has 5 aliphatic rings. The van der Waals surface area contributed by atoms with Gasteiger partial charge in [-0.05, 0) is 55.6 Å². The first-order valence-electron chi connectivity index (χ1n) is 15.0. The Morgan fingerprint density at radius 1 is 1.20 bits per heavy atom. The number of rotatable bonds is 2. The summed E-state index contributed by atoms with van der Waals surface area (Å²) in [6, 6.07) is 0. The van der Waals surface area contributed by atoms with E-state index < -0.39 is 48.3 Å². The average Bonchev–Trinajstić information content (AvgIpc) is 3.25. The van der Waals surface area contributed by atoms with Gasteiger partial charge >= 0.3 is 5.97 Å². The highest BCUT2D eigenvalue weighted by molar-refractivity contribution is 5.78. The van der Waals surface area contributed by atoms with Crippen molar-refractivity contribution in [1.29, 1.82) is 0 Å². The van der Waals surface area contributed by atoms with Gasteiger partial charge in [0, 0.05) is 19.3 Å². The molecule has 40 heavy (non-hydrogen) atoms. The molecule has 1 spiro atoms. The lowest BCUT2D eigenvalue weighted by Crippen LogP contribution is -2.58. The summed E-state index contributed by atoms with van der Waals surface area (Å²) in [6.45, 7) is 7.64. The van der Waals surface area contributed by atoms with Crippen LogP contribution in [0.1, 0.15) is 72.6 Å². The van der Waals surface area contributed by atoms with Gasteiger partial charge in [-0.15, -0.1) is 0 Å². The van der Waals surface area contributed by atoms with Crippen LogP contribution in [0.2, 0.25) is 0 Å². The van der Waals surface area contributed by atoms with Crippen LogP contribution < -0.4 is 0 Å². The topological polar surface area (TPSA) is 94.5 Å². The molecule has 1 aliphatic carbocycles. The quantitative estimate of drug-likeness (QED) is 0.368. The third-order valence-electron chi connectivity index (χ3n) is 9.52. The Hall–Kier alpha value is -1.84. The van der Waals surface area contributed by atoms with Crippen LogP contribution in [-0.4, -0.2) is 71.4 Å². The van der Waals surface area contributed by atoms with Crippen LogP contribution in [0.25, 0.3) is 0 Å². The van der Waals surface area contributed by atoms with Gasteiger partial charge < -0.3 is 29.2 Å². The Balaban J connectivity index is 1.52. The van der Waals surface area contributed by atoms with Crippen molar-refractivity contribution in [2.45, 2.75) is 115 Å². The number of aliphatic hydroxyl groups excluding tert-OH is 1. The SMILES string of the molecule is CC[C@H]1O[C@]2(CC[C@@H]1C)C[C@@H]1C[C@@H](C/C=C(\C)C[C@@H](C)/C=C/C=C3\CO[C@@H]4[C@H](O)C(CF)=C[C@@H](C(=O)O1)[C@]34O)O2. The van der Waals surface area contributed by atoms with Crippen LogP contribution in [0.15, 0.2) is 47.1 Å². The summed E-state index contributed by atoms with van der Waals surface area (Å²) in [6.07, 6.45) is 11.1. The molecule has 0 saturated carbocycles. The third kappa shape index (κ3) is 5.62. The minimum atomic E-state index is -1.85. The van der Waals surface area contributed by atoms with Crippen molar-refractivity contribution < 1.29 is 38.3 Å². The molecule has 0 amide bonds. The molecule has 222 valence electrons. The van der Waals surface area contributed by atoms with Crippen molar-refractivity contribution in [1.82, 2.24) is 0 Å². The Morgan fingerprint density at radius 2 is 2.00 bits per heavy atom. The number of aliphatic hydroxyl groups is 2. The predicted molar refractivity (Wildman–Crippen MR) is 148 cm³/mol. The molecular weight excluding hydrogens is 515 g/mol. The zero-order valence-electron chi connectivity index (χ0n) is 24.2. The second kappa shape index (κ2) is 11.8. The molecule has 2 bridgehead atoms. The Labute approximate surface area is 237 Å². The molecule has 4 heterocycles. The number of ether oxygens (including phenoxy) is 4. The highest BCUT2D eigenvalue weighted by Gasteiger charge is 2.60. The van der Waals surface area contributed by atoms with E-state index in [1.807, 2.05) is 12.2 Å². The molecule has 10 atom stereocenters. The first-order chi connectivity index (χ1) is 19.1. The van der Waals surface area contributed by atoms with E-state index >= 15 is 0 Å². The maximum Gasteiger partial charge on any atom is 0.316 e. The molecular formula is C32H45FO7. The van der Waals surface area contributed by atoms with Gasteiger partial charge in [-0.3, -0.25) is 4.79 Å². The lowest BCUT2D eigenvalue weighted by molar-refractivity contribution is -0.335. The molecule has 2 N–H and O–H groups in total. The highest BCUT2D eigenvalue weighted by Crippen LogP contribution is 2.47. The minimum Gasteiger partial charge on any atom is -0.462 e. The second-order valence-corrected chi connectivity index (χ2v) is 12.6. The first-order valence-corrected chi connectivity index (χ1v) is 15.0. The van der Waals surface area contributed by atoms with Gasteiger partial charge in [-0.1, -0.05) is 56.7 Å². The monoisotopic (exact) mass is 560 g/mol. The lowest BCUT2D eigenvalue weighted by Gasteiger charge is -2.50. The summed E-state index contributed by atoms with van der Waals surface area (Å²) in [5.41, 5.74) is -0.108. The molecule has 0 aromatic rings. The minimum absolute atomic E-state index is 0.0220. The van der Waals surface area contributed by atoms with Crippen LogP contribution in [0.3, 0.4) is 0 Å². The summed E-state index contributed by atoms with van der Waals surface area (Å²) in [5.74, 6) is -2.05. The molecule has 5 rings (SSSR count). The van der Waals surface area contributed by atoms with E-state index in [1.54, 1.807) is 6.08 Å². The molecule has 7 nitrogen and oxygen atoms in total. The predicted octanol–water partition coefficient (Wildman–Crippen LogP) is 4.87. The number of halogens is 1. The van der Waals surface area contributed by atoms with Crippen molar-refractivity contribution in [3.8, 4) is 0 Å². The largest absolute Gasteiger partial charge is 0.462 e. The van der Waals surface area contributed by atoms with Crippen molar-refractivity contribution in [3.63, 3.8) is 0 Å². The van der Waals surface area contributed by atoms with E-state index in [0.717, 1.165) is 19.3 Å². The standard InChI is InChI=1S/C32H45FO7/c1-5-27-21(4)11-12-31(40-27)16-25-15-24(39-31)10-9-20(3)13-19(2)7-6-8-23-18-37-29-28(34)22(17-33)14-26(30(35)38-25)32(23,29)36/h6-9,14,19,21,24-29,34,36H,5,10-13,15-18H2,1-4H3/b7-6+,20-9+,23-8+/t19-,21-,24+,25-,26-,27+,28+,29+,31+,32+/m0/s1. The zero-order chi connectivity index (χ0) is 28.7. The van der Waals surface area contributed by atoms with Gasteiger partial charge in [-0.2, -0.15) is 0 Å². The summed E-state index contributed by atoms with van der Waals surface area (Å²) in [5, 5.41) is 22.8. The maximum atomic E-state index is 13.9. The maximum absolute atomic E-state index is 13.9.